The van der Waals surface area contributed by atoms with Gasteiger partial charge in [0.15, 0.2) is 0 Å². The minimum atomic E-state index is 0.669. The summed E-state index contributed by atoms with van der Waals surface area (Å²) in [5.74, 6) is 0. The Hall–Kier alpha value is -1.26. The maximum atomic E-state index is 5.58. The van der Waals surface area contributed by atoms with Crippen molar-refractivity contribution >= 4 is 21.6 Å². The average Bonchev–Trinajstić information content (AvgIpc) is 2.84. The summed E-state index contributed by atoms with van der Waals surface area (Å²) in [6.07, 6.45) is 4.37. The third kappa shape index (κ3) is 3.15. The molecule has 0 aliphatic heterocycles. The molecule has 1 aromatic heterocycles. The molecule has 0 saturated heterocycles. The summed E-state index contributed by atoms with van der Waals surface area (Å²) in [7, 11) is 2.07. The Morgan fingerprint density at radius 3 is 2.78 bits per heavy atom. The van der Waals surface area contributed by atoms with E-state index in [1.54, 1.807) is 12.5 Å². The van der Waals surface area contributed by atoms with Gasteiger partial charge in [-0.15, -0.1) is 0 Å². The Balaban J connectivity index is 2.11. The molecule has 0 unspecified atom stereocenters. The Morgan fingerprint density at radius 2 is 2.17 bits per heavy atom. The van der Waals surface area contributed by atoms with Crippen LogP contribution >= 0.6 is 15.9 Å². The van der Waals surface area contributed by atoms with E-state index >= 15 is 0 Å². The van der Waals surface area contributed by atoms with E-state index in [2.05, 4.69) is 46.1 Å². The molecule has 1 heterocycles. The number of furan rings is 1. The lowest BCUT2D eigenvalue weighted by Gasteiger charge is -2.19. The monoisotopic (exact) mass is 308 g/mol. The fourth-order valence-corrected chi connectivity index (χ4v) is 2.44. The highest BCUT2D eigenvalue weighted by Gasteiger charge is 2.06. The summed E-state index contributed by atoms with van der Waals surface area (Å²) in [6, 6.07) is 8.35. The molecule has 0 saturated carbocycles. The van der Waals surface area contributed by atoms with E-state index in [4.69, 9.17) is 10.2 Å². The van der Waals surface area contributed by atoms with Crippen LogP contribution in [0.1, 0.15) is 11.1 Å². The van der Waals surface area contributed by atoms with E-state index in [1.165, 1.54) is 16.8 Å². The van der Waals surface area contributed by atoms with Crippen molar-refractivity contribution in [3.05, 3.63) is 52.4 Å². The third-order valence-corrected chi connectivity index (χ3v) is 3.63. The molecule has 2 aromatic rings. The Morgan fingerprint density at radius 1 is 1.33 bits per heavy atom. The summed E-state index contributed by atoms with van der Waals surface area (Å²) in [5, 5.41) is 0. The molecule has 0 aliphatic rings. The molecule has 0 spiro atoms. The van der Waals surface area contributed by atoms with E-state index in [1.807, 2.05) is 6.07 Å². The lowest BCUT2D eigenvalue weighted by molar-refractivity contribution is 0.563. The first kappa shape index (κ1) is 13.2. The van der Waals surface area contributed by atoms with Gasteiger partial charge in [0.1, 0.15) is 0 Å². The van der Waals surface area contributed by atoms with Crippen molar-refractivity contribution in [1.29, 1.82) is 0 Å². The molecule has 2 N–H and O–H groups in total. The molecule has 0 amide bonds. The largest absolute Gasteiger partial charge is 0.472 e. The van der Waals surface area contributed by atoms with Crippen molar-refractivity contribution < 1.29 is 4.42 Å². The highest BCUT2D eigenvalue weighted by molar-refractivity contribution is 9.10. The number of nitrogens with two attached hydrogens (primary N) is 1. The van der Waals surface area contributed by atoms with Crippen LogP contribution in [0.15, 0.2) is 45.7 Å². The minimum absolute atomic E-state index is 0.669. The van der Waals surface area contributed by atoms with E-state index in [0.717, 1.165) is 17.4 Å². The van der Waals surface area contributed by atoms with Crippen molar-refractivity contribution in [3.63, 3.8) is 0 Å². The van der Waals surface area contributed by atoms with Gasteiger partial charge in [0.05, 0.1) is 12.5 Å². The van der Waals surface area contributed by atoms with Gasteiger partial charge < -0.3 is 15.1 Å². The standard InChI is InChI=1S/C14H17BrN2O/c1-17(9-11-5-7-18-10-11)13-3-2-12(4-6-16)14(15)8-13/h2-3,5,7-8,10H,4,6,9,16H2,1H3. The number of hydrogen-bond donors (Lipinski definition) is 1. The van der Waals surface area contributed by atoms with Crippen molar-refractivity contribution in [2.24, 2.45) is 5.73 Å². The normalized spacial score (nSPS) is 10.6. The highest BCUT2D eigenvalue weighted by Crippen LogP contribution is 2.24. The molecular weight excluding hydrogens is 292 g/mol. The van der Waals surface area contributed by atoms with Gasteiger partial charge in [0, 0.05) is 29.3 Å². The summed E-state index contributed by atoms with van der Waals surface area (Å²) in [4.78, 5) is 2.18. The molecular formula is C14H17BrN2O. The minimum Gasteiger partial charge on any atom is -0.472 e. The molecule has 1 aromatic carbocycles. The van der Waals surface area contributed by atoms with Crippen LogP contribution in [0.2, 0.25) is 0 Å². The van der Waals surface area contributed by atoms with Gasteiger partial charge in [-0.3, -0.25) is 0 Å². The second-order valence-corrected chi connectivity index (χ2v) is 5.16. The molecule has 0 radical (unpaired) electrons. The topological polar surface area (TPSA) is 42.4 Å². The van der Waals surface area contributed by atoms with Gasteiger partial charge in [-0.25, -0.2) is 0 Å². The van der Waals surface area contributed by atoms with Crippen LogP contribution in [0, 0.1) is 0 Å². The fourth-order valence-electron chi connectivity index (χ4n) is 1.88. The van der Waals surface area contributed by atoms with Crippen LogP contribution in [-0.4, -0.2) is 13.6 Å². The Kier molecular flexibility index (Phi) is 4.44. The first-order valence-electron chi connectivity index (χ1n) is 5.91. The lowest BCUT2D eigenvalue weighted by Crippen LogP contribution is -2.16. The molecule has 3 nitrogen and oxygen atoms in total. The highest BCUT2D eigenvalue weighted by atomic mass is 79.9. The van der Waals surface area contributed by atoms with Gasteiger partial charge >= 0.3 is 0 Å². The molecule has 2 rings (SSSR count). The molecule has 0 aliphatic carbocycles. The molecule has 4 heteroatoms. The Labute approximate surface area is 116 Å². The van der Waals surface area contributed by atoms with Gasteiger partial charge in [-0.2, -0.15) is 0 Å². The quantitative estimate of drug-likeness (QED) is 0.922. The number of benzene rings is 1. The first-order chi connectivity index (χ1) is 8.70. The van der Waals surface area contributed by atoms with Crippen LogP contribution in [0.3, 0.4) is 0 Å². The second-order valence-electron chi connectivity index (χ2n) is 4.30. The fraction of sp³-hybridized carbons (Fsp3) is 0.286. The summed E-state index contributed by atoms with van der Waals surface area (Å²) < 4.78 is 6.19. The van der Waals surface area contributed by atoms with Crippen LogP contribution < -0.4 is 10.6 Å². The van der Waals surface area contributed by atoms with Gasteiger partial charge in [0.25, 0.3) is 0 Å². The van der Waals surface area contributed by atoms with Crippen LogP contribution in [0.5, 0.6) is 0 Å². The van der Waals surface area contributed by atoms with E-state index in [9.17, 15) is 0 Å². The molecule has 96 valence electrons. The van der Waals surface area contributed by atoms with Gasteiger partial charge in [-0.05, 0) is 36.7 Å². The summed E-state index contributed by atoms with van der Waals surface area (Å²) in [5.41, 5.74) is 9.16. The Bertz CT molecular complexity index is 497. The SMILES string of the molecule is CN(Cc1ccoc1)c1ccc(CCN)c(Br)c1. The van der Waals surface area contributed by atoms with Crippen LogP contribution in [0.25, 0.3) is 0 Å². The maximum absolute atomic E-state index is 5.58. The molecule has 0 atom stereocenters. The van der Waals surface area contributed by atoms with E-state index in [-0.39, 0.29) is 0 Å². The van der Waals surface area contributed by atoms with Gasteiger partial charge in [0.2, 0.25) is 0 Å². The molecule has 0 fully saturated rings. The molecule has 18 heavy (non-hydrogen) atoms. The predicted octanol–water partition coefficient (Wildman–Crippen LogP) is 3.18. The van der Waals surface area contributed by atoms with E-state index < -0.39 is 0 Å². The van der Waals surface area contributed by atoms with E-state index in [0.29, 0.717) is 6.54 Å². The zero-order chi connectivity index (χ0) is 13.0. The van der Waals surface area contributed by atoms with Crippen molar-refractivity contribution in [2.75, 3.05) is 18.5 Å². The number of hydrogen-bond acceptors (Lipinski definition) is 3. The number of rotatable bonds is 5. The number of halogens is 1. The predicted molar refractivity (Wildman–Crippen MR) is 77.7 cm³/mol. The van der Waals surface area contributed by atoms with Crippen LogP contribution in [0.4, 0.5) is 5.69 Å². The van der Waals surface area contributed by atoms with Crippen molar-refractivity contribution in [2.45, 2.75) is 13.0 Å². The van der Waals surface area contributed by atoms with Crippen molar-refractivity contribution in [3.8, 4) is 0 Å². The first-order valence-corrected chi connectivity index (χ1v) is 6.70. The second kappa shape index (κ2) is 6.07. The van der Waals surface area contributed by atoms with Gasteiger partial charge in [-0.1, -0.05) is 22.0 Å². The molecule has 0 bridgehead atoms. The maximum Gasteiger partial charge on any atom is 0.0952 e. The summed E-state index contributed by atoms with van der Waals surface area (Å²) >= 11 is 3.59. The van der Waals surface area contributed by atoms with Crippen LogP contribution in [-0.2, 0) is 13.0 Å². The average molecular weight is 309 g/mol. The summed E-state index contributed by atoms with van der Waals surface area (Å²) in [6.45, 7) is 1.50. The number of nitrogens with zero attached hydrogens (tertiary/aromatic N) is 1. The zero-order valence-corrected chi connectivity index (χ0v) is 12.0. The smallest absolute Gasteiger partial charge is 0.0952 e. The number of anilines is 1. The zero-order valence-electron chi connectivity index (χ0n) is 10.4. The third-order valence-electron chi connectivity index (χ3n) is 2.89. The lowest BCUT2D eigenvalue weighted by atomic mass is 10.1. The van der Waals surface area contributed by atoms with Crippen molar-refractivity contribution in [1.82, 2.24) is 0 Å².